The minimum absolute atomic E-state index is 0.0497. The molecule has 3 fully saturated rings. The molecule has 0 spiro atoms. The van der Waals surface area contributed by atoms with E-state index in [1.54, 1.807) is 27.7 Å². The second kappa shape index (κ2) is 15.2. The molecule has 0 saturated carbocycles. The maximum atomic E-state index is 15.3. The molecule has 3 aromatic rings. The molecule has 0 radical (unpaired) electrons. The van der Waals surface area contributed by atoms with E-state index in [-0.39, 0.29) is 55.1 Å². The molecule has 1 amide bonds. The summed E-state index contributed by atoms with van der Waals surface area (Å²) in [7, 11) is -3.18. The molecule has 1 atom stereocenters. The lowest BCUT2D eigenvalue weighted by Crippen LogP contribution is -2.50. The zero-order valence-corrected chi connectivity index (χ0v) is 28.9. The van der Waals surface area contributed by atoms with Crippen LogP contribution in [0.15, 0.2) is 41.5 Å². The Balaban J connectivity index is 1.21. The second-order valence-electron chi connectivity index (χ2n) is 13.4. The quantitative estimate of drug-likeness (QED) is 0.225. The number of halogens is 2. The van der Waals surface area contributed by atoms with Crippen molar-refractivity contribution in [1.82, 2.24) is 19.4 Å². The molecule has 3 aliphatic rings. The number of pyridine rings is 1. The van der Waals surface area contributed by atoms with Crippen LogP contribution in [0.3, 0.4) is 0 Å². The first-order valence-electron chi connectivity index (χ1n) is 17.2. The highest BCUT2D eigenvalue weighted by Crippen LogP contribution is 2.39. The number of benzene rings is 1. The highest BCUT2D eigenvalue weighted by molar-refractivity contribution is 7.91. The number of carboxylic acid groups (broad SMARTS) is 1. The number of likely N-dealkylation sites (tertiary alicyclic amines) is 1. The molecule has 0 bridgehead atoms. The van der Waals surface area contributed by atoms with Gasteiger partial charge in [-0.25, -0.2) is 32.0 Å². The summed E-state index contributed by atoms with van der Waals surface area (Å²) >= 11 is 0. The van der Waals surface area contributed by atoms with Crippen molar-refractivity contribution in [3.8, 4) is 0 Å². The summed E-state index contributed by atoms with van der Waals surface area (Å²) in [4.78, 5) is 36.9. The maximum absolute atomic E-state index is 15.3. The lowest BCUT2D eigenvalue weighted by Gasteiger charge is -2.38. The SMILES string of the molecule is C[C@@H](Nc1ncnc2c1cc(N1CCS(=O)(=O)CC1)c(=O)n2CCCCCCC1OCCO1)c1cccc(C(F)(F)CC2CN(C(=O)O)C2)c1. The van der Waals surface area contributed by atoms with Gasteiger partial charge in [-0.05, 0) is 43.9 Å². The van der Waals surface area contributed by atoms with Crippen molar-refractivity contribution >= 4 is 38.5 Å². The number of amides is 1. The lowest BCUT2D eigenvalue weighted by molar-refractivity contribution is -0.0528. The molecule has 0 unspecified atom stereocenters. The third-order valence-electron chi connectivity index (χ3n) is 9.75. The topological polar surface area (TPSA) is 156 Å². The minimum atomic E-state index is -3.18. The van der Waals surface area contributed by atoms with Crippen LogP contribution < -0.4 is 15.8 Å². The van der Waals surface area contributed by atoms with Crippen molar-refractivity contribution in [2.24, 2.45) is 5.92 Å². The smallest absolute Gasteiger partial charge is 0.407 e. The van der Waals surface area contributed by atoms with Gasteiger partial charge in [0, 0.05) is 56.7 Å². The largest absolute Gasteiger partial charge is 0.465 e. The van der Waals surface area contributed by atoms with Gasteiger partial charge in [-0.2, -0.15) is 0 Å². The van der Waals surface area contributed by atoms with E-state index in [0.29, 0.717) is 47.9 Å². The number of sulfone groups is 1. The molecule has 272 valence electrons. The fraction of sp³-hybridized carbons (Fsp3) is 0.588. The number of nitrogens with one attached hydrogen (secondary N) is 1. The standard InChI is InChI=1S/C34H44F2N6O7S/c1-23(25-7-6-8-26(17-25)34(35,36)19-24-20-41(21-24)33(44)45)39-30-27-18-28(40-11-15-50(46,47)16-12-40)32(43)42(31(27)38-22-37-30)10-5-3-2-4-9-29-48-13-14-49-29/h6-8,17-18,22-24,29H,2-5,9-16,19-21H2,1H3,(H,44,45)(H,37,38,39)/t23-/m1/s1. The van der Waals surface area contributed by atoms with Gasteiger partial charge in [-0.3, -0.25) is 9.36 Å². The highest BCUT2D eigenvalue weighted by atomic mass is 32.2. The number of aromatic nitrogens is 3. The van der Waals surface area contributed by atoms with Crippen molar-refractivity contribution < 1.29 is 36.6 Å². The first-order valence-corrected chi connectivity index (χ1v) is 19.0. The number of hydrogen-bond acceptors (Lipinski definition) is 10. The van der Waals surface area contributed by atoms with Crippen LogP contribution in [0, 0.1) is 5.92 Å². The van der Waals surface area contributed by atoms with E-state index in [1.165, 1.54) is 18.5 Å². The van der Waals surface area contributed by atoms with Gasteiger partial charge in [0.25, 0.3) is 11.5 Å². The number of fused-ring (bicyclic) bond motifs is 1. The van der Waals surface area contributed by atoms with Crippen LogP contribution in [0.2, 0.25) is 0 Å². The number of aryl methyl sites for hydroxylation is 1. The van der Waals surface area contributed by atoms with Gasteiger partial charge in [-0.15, -0.1) is 0 Å². The molecule has 6 rings (SSSR count). The van der Waals surface area contributed by atoms with Crippen LogP contribution in [-0.2, 0) is 31.8 Å². The van der Waals surface area contributed by atoms with Gasteiger partial charge >= 0.3 is 6.09 Å². The number of rotatable bonds is 14. The Morgan fingerprint density at radius 2 is 1.80 bits per heavy atom. The molecule has 50 heavy (non-hydrogen) atoms. The molecule has 1 aromatic carbocycles. The Morgan fingerprint density at radius 1 is 1.08 bits per heavy atom. The summed E-state index contributed by atoms with van der Waals surface area (Å²) in [5.74, 6) is -3.24. The fourth-order valence-electron chi connectivity index (χ4n) is 6.84. The number of hydrogen-bond donors (Lipinski definition) is 2. The molecule has 3 aliphatic heterocycles. The third kappa shape index (κ3) is 8.35. The summed E-state index contributed by atoms with van der Waals surface area (Å²) in [6, 6.07) is 7.39. The average Bonchev–Trinajstić information content (AvgIpc) is 3.59. The van der Waals surface area contributed by atoms with E-state index >= 15 is 8.78 Å². The molecular weight excluding hydrogens is 674 g/mol. The molecular formula is C34H44F2N6O7S. The van der Waals surface area contributed by atoms with Crippen LogP contribution in [0.25, 0.3) is 11.0 Å². The van der Waals surface area contributed by atoms with Crippen molar-refractivity contribution in [3.05, 3.63) is 58.1 Å². The monoisotopic (exact) mass is 718 g/mol. The summed E-state index contributed by atoms with van der Waals surface area (Å²) in [5.41, 5.74) is 0.988. The predicted octanol–water partition coefficient (Wildman–Crippen LogP) is 4.61. The van der Waals surface area contributed by atoms with Crippen LogP contribution in [0.4, 0.5) is 25.1 Å². The Labute approximate surface area is 289 Å². The number of alkyl halides is 2. The van der Waals surface area contributed by atoms with Gasteiger partial charge in [0.2, 0.25) is 0 Å². The first-order chi connectivity index (χ1) is 23.9. The normalized spacial score (nSPS) is 19.1. The van der Waals surface area contributed by atoms with Gasteiger partial charge in [0.1, 0.15) is 23.5 Å². The number of ether oxygens (including phenoxy) is 2. The number of unbranched alkanes of at least 4 members (excludes halogenated alkanes) is 3. The Morgan fingerprint density at radius 3 is 2.52 bits per heavy atom. The van der Waals surface area contributed by atoms with Crippen LogP contribution in [0.5, 0.6) is 0 Å². The predicted molar refractivity (Wildman–Crippen MR) is 184 cm³/mol. The van der Waals surface area contributed by atoms with Gasteiger partial charge < -0.3 is 29.7 Å². The zero-order chi connectivity index (χ0) is 35.5. The fourth-order valence-corrected chi connectivity index (χ4v) is 8.04. The molecule has 5 heterocycles. The number of nitrogens with zero attached hydrogens (tertiary/aromatic N) is 5. The molecule has 13 nitrogen and oxygen atoms in total. The average molecular weight is 719 g/mol. The van der Waals surface area contributed by atoms with Crippen molar-refractivity contribution in [2.45, 2.75) is 70.2 Å². The van der Waals surface area contributed by atoms with E-state index in [4.69, 9.17) is 14.6 Å². The molecule has 16 heteroatoms. The van der Waals surface area contributed by atoms with E-state index in [0.717, 1.165) is 37.0 Å². The third-order valence-corrected chi connectivity index (χ3v) is 11.4. The molecule has 2 aromatic heterocycles. The van der Waals surface area contributed by atoms with Crippen LogP contribution in [0.1, 0.15) is 62.6 Å². The van der Waals surface area contributed by atoms with Crippen LogP contribution in [-0.4, -0.2) is 96.2 Å². The maximum Gasteiger partial charge on any atom is 0.407 e. The Kier molecular flexibility index (Phi) is 10.9. The molecule has 3 saturated heterocycles. The second-order valence-corrected chi connectivity index (χ2v) is 15.7. The van der Waals surface area contributed by atoms with Gasteiger partial charge in [0.15, 0.2) is 16.1 Å². The number of anilines is 2. The van der Waals surface area contributed by atoms with E-state index in [2.05, 4.69) is 15.3 Å². The highest BCUT2D eigenvalue weighted by Gasteiger charge is 2.41. The van der Waals surface area contributed by atoms with E-state index < -0.39 is 40.2 Å². The van der Waals surface area contributed by atoms with Crippen molar-refractivity contribution in [3.63, 3.8) is 0 Å². The summed E-state index contributed by atoms with van der Waals surface area (Å²) in [6.07, 6.45) is 3.97. The Hall–Kier alpha value is -3.89. The van der Waals surface area contributed by atoms with Crippen molar-refractivity contribution in [1.29, 1.82) is 0 Å². The summed E-state index contributed by atoms with van der Waals surface area (Å²) in [5, 5.41) is 13.0. The number of carbonyl (C=O) groups is 1. The van der Waals surface area contributed by atoms with Crippen molar-refractivity contribution in [2.75, 3.05) is 61.1 Å². The van der Waals surface area contributed by atoms with E-state index in [1.807, 2.05) is 6.92 Å². The van der Waals surface area contributed by atoms with Crippen LogP contribution >= 0.6 is 0 Å². The first kappa shape index (κ1) is 35.9. The van der Waals surface area contributed by atoms with E-state index in [9.17, 15) is 18.0 Å². The minimum Gasteiger partial charge on any atom is -0.465 e. The lowest BCUT2D eigenvalue weighted by atomic mass is 9.89. The molecule has 0 aliphatic carbocycles. The zero-order valence-electron chi connectivity index (χ0n) is 28.1. The molecule has 2 N–H and O–H groups in total. The summed E-state index contributed by atoms with van der Waals surface area (Å²) < 4.78 is 67.7. The van der Waals surface area contributed by atoms with Gasteiger partial charge in [0.05, 0.1) is 30.1 Å². The Bertz CT molecular complexity index is 1830. The summed E-state index contributed by atoms with van der Waals surface area (Å²) in [6.45, 7) is 4.04. The van der Waals surface area contributed by atoms with Gasteiger partial charge in [-0.1, -0.05) is 31.0 Å².